The fraction of sp³-hybridized carbons (Fsp3) is 0.304. The van der Waals surface area contributed by atoms with Crippen molar-refractivity contribution in [3.8, 4) is 0 Å². The standard InChI is InChI=1S/C23H24N2O5/c1-14-8-6-11-19(15(14)2)24-21(27)16(3)30-20(26)12-7-13-25-22(28)17-9-4-5-10-18(17)23(25)29/h4-6,8-11,16H,7,12-13H2,1-3H3,(H,24,27). The number of esters is 1. The van der Waals surface area contributed by atoms with Crippen LogP contribution in [0.5, 0.6) is 0 Å². The summed E-state index contributed by atoms with van der Waals surface area (Å²) in [5.41, 5.74) is 3.42. The first-order valence-corrected chi connectivity index (χ1v) is 9.81. The number of rotatable bonds is 7. The van der Waals surface area contributed by atoms with Crippen molar-refractivity contribution < 1.29 is 23.9 Å². The second-order valence-electron chi connectivity index (χ2n) is 7.28. The van der Waals surface area contributed by atoms with E-state index in [1.807, 2.05) is 26.0 Å². The minimum absolute atomic E-state index is 0.00546. The van der Waals surface area contributed by atoms with Crippen molar-refractivity contribution in [2.45, 2.75) is 39.7 Å². The molecule has 1 heterocycles. The van der Waals surface area contributed by atoms with Gasteiger partial charge in [0.25, 0.3) is 17.7 Å². The molecule has 0 aromatic heterocycles. The molecular formula is C23H24N2O5. The number of hydrogen-bond acceptors (Lipinski definition) is 5. The maximum atomic E-state index is 12.3. The van der Waals surface area contributed by atoms with E-state index in [1.165, 1.54) is 6.92 Å². The number of amides is 3. The highest BCUT2D eigenvalue weighted by atomic mass is 16.5. The number of nitrogens with zero attached hydrogens (tertiary/aromatic N) is 1. The van der Waals surface area contributed by atoms with Gasteiger partial charge in [0, 0.05) is 18.7 Å². The van der Waals surface area contributed by atoms with Gasteiger partial charge >= 0.3 is 5.97 Å². The van der Waals surface area contributed by atoms with Gasteiger partial charge in [0.2, 0.25) is 0 Å². The first-order chi connectivity index (χ1) is 14.3. The van der Waals surface area contributed by atoms with Crippen molar-refractivity contribution in [3.05, 3.63) is 64.7 Å². The van der Waals surface area contributed by atoms with Crippen molar-refractivity contribution in [3.63, 3.8) is 0 Å². The van der Waals surface area contributed by atoms with Crippen LogP contribution in [0.1, 0.15) is 51.6 Å². The van der Waals surface area contributed by atoms with E-state index in [0.29, 0.717) is 16.8 Å². The summed E-state index contributed by atoms with van der Waals surface area (Å²) in [7, 11) is 0. The highest BCUT2D eigenvalue weighted by Crippen LogP contribution is 2.23. The molecule has 1 aliphatic heterocycles. The fourth-order valence-corrected chi connectivity index (χ4v) is 3.25. The van der Waals surface area contributed by atoms with Gasteiger partial charge in [0.15, 0.2) is 6.10 Å². The second kappa shape index (κ2) is 8.90. The smallest absolute Gasteiger partial charge is 0.306 e. The van der Waals surface area contributed by atoms with Gasteiger partial charge in [0.1, 0.15) is 0 Å². The number of anilines is 1. The third kappa shape index (κ3) is 4.40. The molecule has 0 radical (unpaired) electrons. The molecule has 1 N–H and O–H groups in total. The zero-order chi connectivity index (χ0) is 21.8. The van der Waals surface area contributed by atoms with Gasteiger partial charge < -0.3 is 10.1 Å². The molecule has 7 nitrogen and oxygen atoms in total. The summed E-state index contributed by atoms with van der Waals surface area (Å²) in [5.74, 6) is -1.69. The quantitative estimate of drug-likeness (QED) is 0.561. The monoisotopic (exact) mass is 408 g/mol. The number of hydrogen-bond donors (Lipinski definition) is 1. The number of fused-ring (bicyclic) bond motifs is 1. The normalized spacial score (nSPS) is 13.8. The lowest BCUT2D eigenvalue weighted by molar-refractivity contribution is -0.153. The van der Waals surface area contributed by atoms with Gasteiger partial charge in [-0.2, -0.15) is 0 Å². The zero-order valence-electron chi connectivity index (χ0n) is 17.2. The Morgan fingerprint density at radius 1 is 1.00 bits per heavy atom. The van der Waals surface area contributed by atoms with Gasteiger partial charge in [-0.1, -0.05) is 24.3 Å². The van der Waals surface area contributed by atoms with Crippen LogP contribution < -0.4 is 5.32 Å². The minimum atomic E-state index is -0.961. The van der Waals surface area contributed by atoms with Crippen LogP contribution in [0.25, 0.3) is 0 Å². The Labute approximate surface area is 175 Å². The summed E-state index contributed by atoms with van der Waals surface area (Å²) in [6.07, 6.45) is -0.707. The topological polar surface area (TPSA) is 92.8 Å². The van der Waals surface area contributed by atoms with E-state index in [0.717, 1.165) is 16.0 Å². The van der Waals surface area contributed by atoms with Crippen LogP contribution >= 0.6 is 0 Å². The van der Waals surface area contributed by atoms with E-state index in [9.17, 15) is 19.2 Å². The molecule has 2 aromatic rings. The lowest BCUT2D eigenvalue weighted by Gasteiger charge is -2.16. The summed E-state index contributed by atoms with van der Waals surface area (Å²) in [6, 6.07) is 12.2. The third-order valence-electron chi connectivity index (χ3n) is 5.18. The van der Waals surface area contributed by atoms with Gasteiger partial charge in [0.05, 0.1) is 11.1 Å². The number of nitrogens with one attached hydrogen (secondary N) is 1. The highest BCUT2D eigenvalue weighted by Gasteiger charge is 2.34. The van der Waals surface area contributed by atoms with Gasteiger partial charge in [-0.25, -0.2) is 0 Å². The molecule has 0 saturated heterocycles. The van der Waals surface area contributed by atoms with Gasteiger partial charge in [-0.05, 0) is 56.5 Å². The second-order valence-corrected chi connectivity index (χ2v) is 7.28. The predicted octanol–water partition coefficient (Wildman–Crippen LogP) is 3.25. The Morgan fingerprint density at radius 3 is 2.27 bits per heavy atom. The number of benzene rings is 2. The molecule has 30 heavy (non-hydrogen) atoms. The van der Waals surface area contributed by atoms with Crippen molar-refractivity contribution in [2.75, 3.05) is 11.9 Å². The summed E-state index contributed by atoms with van der Waals surface area (Å²) >= 11 is 0. The van der Waals surface area contributed by atoms with E-state index < -0.39 is 18.0 Å². The van der Waals surface area contributed by atoms with Crippen LogP contribution in [0.4, 0.5) is 5.69 Å². The zero-order valence-corrected chi connectivity index (χ0v) is 17.2. The summed E-state index contributed by atoms with van der Waals surface area (Å²) in [4.78, 5) is 50.2. The Morgan fingerprint density at radius 2 is 1.63 bits per heavy atom. The third-order valence-corrected chi connectivity index (χ3v) is 5.18. The number of ether oxygens (including phenoxy) is 1. The molecule has 0 fully saturated rings. The molecular weight excluding hydrogens is 384 g/mol. The Kier molecular flexibility index (Phi) is 6.30. The molecule has 7 heteroatoms. The summed E-state index contributed by atoms with van der Waals surface area (Å²) in [6.45, 7) is 5.47. The molecule has 1 aliphatic rings. The lowest BCUT2D eigenvalue weighted by atomic mass is 10.1. The largest absolute Gasteiger partial charge is 0.453 e. The van der Waals surface area contributed by atoms with E-state index in [4.69, 9.17) is 4.74 Å². The van der Waals surface area contributed by atoms with Crippen LogP contribution in [0.3, 0.4) is 0 Å². The van der Waals surface area contributed by atoms with Crippen LogP contribution in [0.2, 0.25) is 0 Å². The maximum absolute atomic E-state index is 12.3. The average molecular weight is 408 g/mol. The van der Waals surface area contributed by atoms with E-state index in [-0.39, 0.29) is 31.2 Å². The SMILES string of the molecule is Cc1cccc(NC(=O)C(C)OC(=O)CCCN2C(=O)c3ccccc3C2=O)c1C. The van der Waals surface area contributed by atoms with Gasteiger partial charge in [-0.3, -0.25) is 24.1 Å². The first-order valence-electron chi connectivity index (χ1n) is 9.81. The average Bonchev–Trinajstić information content (AvgIpc) is 2.96. The van der Waals surface area contributed by atoms with E-state index in [1.54, 1.807) is 30.3 Å². The van der Waals surface area contributed by atoms with Crippen LogP contribution in [0.15, 0.2) is 42.5 Å². The predicted molar refractivity (Wildman–Crippen MR) is 111 cm³/mol. The van der Waals surface area contributed by atoms with Crippen molar-refractivity contribution in [1.29, 1.82) is 0 Å². The molecule has 1 atom stereocenters. The van der Waals surface area contributed by atoms with Gasteiger partial charge in [-0.15, -0.1) is 0 Å². The number of carbonyl (C=O) groups excluding carboxylic acids is 4. The summed E-state index contributed by atoms with van der Waals surface area (Å²) < 4.78 is 5.20. The number of aryl methyl sites for hydroxylation is 1. The Bertz CT molecular complexity index is 979. The fourth-order valence-electron chi connectivity index (χ4n) is 3.25. The minimum Gasteiger partial charge on any atom is -0.453 e. The molecule has 0 saturated carbocycles. The molecule has 1 unspecified atom stereocenters. The van der Waals surface area contributed by atoms with Crippen molar-refractivity contribution >= 4 is 29.4 Å². The first kappa shape index (κ1) is 21.2. The van der Waals surface area contributed by atoms with E-state index >= 15 is 0 Å². The number of imide groups is 1. The van der Waals surface area contributed by atoms with Crippen LogP contribution in [-0.2, 0) is 14.3 Å². The van der Waals surface area contributed by atoms with Crippen LogP contribution in [0, 0.1) is 13.8 Å². The molecule has 3 amide bonds. The molecule has 3 rings (SSSR count). The molecule has 156 valence electrons. The lowest BCUT2D eigenvalue weighted by Crippen LogP contribution is -2.32. The van der Waals surface area contributed by atoms with Crippen LogP contribution in [-0.4, -0.2) is 41.2 Å². The molecule has 2 aromatic carbocycles. The number of carbonyl (C=O) groups is 4. The van der Waals surface area contributed by atoms with Crippen molar-refractivity contribution in [2.24, 2.45) is 0 Å². The summed E-state index contributed by atoms with van der Waals surface area (Å²) in [5, 5.41) is 2.77. The molecule has 0 spiro atoms. The molecule has 0 aliphatic carbocycles. The Hall–Kier alpha value is -3.48. The maximum Gasteiger partial charge on any atom is 0.306 e. The van der Waals surface area contributed by atoms with E-state index in [2.05, 4.69) is 5.32 Å². The van der Waals surface area contributed by atoms with Crippen molar-refractivity contribution in [1.82, 2.24) is 4.90 Å². The highest BCUT2D eigenvalue weighted by molar-refractivity contribution is 6.21. The Balaban J connectivity index is 1.47. The molecule has 0 bridgehead atoms.